The molecule has 16 heavy (non-hydrogen) atoms. The molecule has 0 aliphatic carbocycles. The van der Waals surface area contributed by atoms with E-state index in [-0.39, 0.29) is 27.2 Å². The van der Waals surface area contributed by atoms with E-state index in [1.54, 1.807) is 27.7 Å². The molecule has 0 fully saturated rings. The topological polar surface area (TPSA) is 109 Å². The van der Waals surface area contributed by atoms with Crippen LogP contribution in [0.2, 0.25) is 0 Å². The van der Waals surface area contributed by atoms with Crippen molar-refractivity contribution in [3.05, 3.63) is 0 Å². The van der Waals surface area contributed by atoms with Gasteiger partial charge in [-0.15, -0.1) is 0 Å². The van der Waals surface area contributed by atoms with Crippen molar-refractivity contribution in [1.29, 1.82) is 0 Å². The molecule has 0 aromatic carbocycles. The Labute approximate surface area is 113 Å². The van der Waals surface area contributed by atoms with Gasteiger partial charge in [0.15, 0.2) is 0 Å². The van der Waals surface area contributed by atoms with Crippen LogP contribution in [-0.2, 0) is 36.3 Å². The third-order valence-electron chi connectivity index (χ3n) is 1.93. The zero-order valence-electron chi connectivity index (χ0n) is 10.3. The van der Waals surface area contributed by atoms with Crippen LogP contribution in [-0.4, -0.2) is 24.6 Å². The maximum absolute atomic E-state index is 10.4. The summed E-state index contributed by atoms with van der Waals surface area (Å²) in [7, 11) is -5.81. The molecule has 5 nitrogen and oxygen atoms in total. The van der Waals surface area contributed by atoms with Gasteiger partial charge in [0.05, 0.1) is 0 Å². The Morgan fingerprint density at radius 3 is 0.875 bits per heavy atom. The van der Waals surface area contributed by atoms with E-state index in [1.807, 2.05) is 0 Å². The number of hydrogen-bond acceptors (Lipinski definition) is 4. The maximum atomic E-state index is 10.4. The zero-order chi connectivity index (χ0) is 11.8. The standard InChI is InChI=1S/2C4H11O2P.O.Ti/c2*1-3-7(5,6)4-2;;/h2*3-4H2,1-2H3,(H,5,6);;/q;;-2;+4/p-2. The van der Waals surface area contributed by atoms with Gasteiger partial charge < -0.3 is 24.4 Å². The van der Waals surface area contributed by atoms with Gasteiger partial charge in [0.1, 0.15) is 0 Å². The van der Waals surface area contributed by atoms with Crippen molar-refractivity contribution in [1.82, 2.24) is 0 Å². The Hall–Kier alpha value is 1.05. The average molecular weight is 306 g/mol. The monoisotopic (exact) mass is 306 g/mol. The maximum Gasteiger partial charge on any atom is 4.00 e. The van der Waals surface area contributed by atoms with E-state index < -0.39 is 14.7 Å². The summed E-state index contributed by atoms with van der Waals surface area (Å²) < 4.78 is 20.8. The molecule has 8 heteroatoms. The summed E-state index contributed by atoms with van der Waals surface area (Å²) >= 11 is 0. The fraction of sp³-hybridized carbons (Fsp3) is 1.00. The molecule has 0 unspecified atom stereocenters. The van der Waals surface area contributed by atoms with Crippen molar-refractivity contribution in [3.63, 3.8) is 0 Å². The second-order valence-corrected chi connectivity index (χ2v) is 8.68. The van der Waals surface area contributed by atoms with Crippen molar-refractivity contribution in [2.24, 2.45) is 0 Å². The van der Waals surface area contributed by atoms with E-state index in [4.69, 9.17) is 0 Å². The minimum Gasteiger partial charge on any atom is -2.00 e. The summed E-state index contributed by atoms with van der Waals surface area (Å²) in [6, 6.07) is 0. The third kappa shape index (κ3) is 17.4. The second-order valence-electron chi connectivity index (χ2n) is 2.89. The van der Waals surface area contributed by atoms with Gasteiger partial charge >= 0.3 is 21.7 Å². The summed E-state index contributed by atoms with van der Waals surface area (Å²) in [5.74, 6) is 0. The first-order valence-electron chi connectivity index (χ1n) is 4.82. The molecule has 0 spiro atoms. The van der Waals surface area contributed by atoms with E-state index in [0.29, 0.717) is 24.6 Å². The van der Waals surface area contributed by atoms with Crippen molar-refractivity contribution in [2.75, 3.05) is 24.6 Å². The molecule has 0 saturated carbocycles. The van der Waals surface area contributed by atoms with E-state index in [9.17, 15) is 18.9 Å². The molecule has 0 aromatic heterocycles. The molecule has 0 aromatic rings. The third-order valence-corrected chi connectivity index (χ3v) is 5.78. The van der Waals surface area contributed by atoms with Crippen LogP contribution >= 0.6 is 14.7 Å². The first-order valence-corrected chi connectivity index (χ1v) is 8.81. The SMILES string of the molecule is CCP(=O)([O-])CC.CCP(=O)([O-])CC.[O-2].[Ti+4]. The normalized spacial score (nSPS) is 10.4. The Balaban J connectivity index is -0.0000000800. The van der Waals surface area contributed by atoms with Gasteiger partial charge in [-0.3, -0.25) is 0 Å². The fourth-order valence-electron chi connectivity index (χ4n) is 0.447. The molecular weight excluding hydrogens is 286 g/mol. The molecule has 0 rings (SSSR count). The minimum absolute atomic E-state index is 0. The Kier molecular flexibility index (Phi) is 20.2. The van der Waals surface area contributed by atoms with Crippen LogP contribution in [0.1, 0.15) is 27.7 Å². The van der Waals surface area contributed by atoms with Crippen LogP contribution in [0.15, 0.2) is 0 Å². The second kappa shape index (κ2) is 12.5. The predicted octanol–water partition coefficient (Wildman–Crippen LogP) is 1.21. The molecule has 0 saturated heterocycles. The predicted molar refractivity (Wildman–Crippen MR) is 58.1 cm³/mol. The fourth-order valence-corrected chi connectivity index (χ4v) is 1.34. The average Bonchev–Trinajstić information content (AvgIpc) is 2.19. The first-order chi connectivity index (χ1) is 6.24. The van der Waals surface area contributed by atoms with Crippen LogP contribution in [0.3, 0.4) is 0 Å². The minimum atomic E-state index is -2.90. The zero-order valence-corrected chi connectivity index (χ0v) is 13.6. The molecular formula is C8H20O5P2Ti. The summed E-state index contributed by atoms with van der Waals surface area (Å²) in [4.78, 5) is 20.8. The van der Waals surface area contributed by atoms with Gasteiger partial charge in [-0.05, 0) is 24.6 Å². The first kappa shape index (κ1) is 25.8. The van der Waals surface area contributed by atoms with Gasteiger partial charge in [0.2, 0.25) is 0 Å². The number of hydrogen-bond donors (Lipinski definition) is 0. The van der Waals surface area contributed by atoms with E-state index in [0.717, 1.165) is 0 Å². The van der Waals surface area contributed by atoms with E-state index in [1.165, 1.54) is 0 Å². The van der Waals surface area contributed by atoms with E-state index in [2.05, 4.69) is 0 Å². The number of rotatable bonds is 4. The largest absolute Gasteiger partial charge is 4.00 e. The molecule has 0 N–H and O–H groups in total. The summed E-state index contributed by atoms with van der Waals surface area (Å²) in [5.41, 5.74) is 0. The van der Waals surface area contributed by atoms with Gasteiger partial charge in [0, 0.05) is 14.7 Å². The van der Waals surface area contributed by atoms with Crippen LogP contribution in [0.25, 0.3) is 0 Å². The molecule has 96 valence electrons. The summed E-state index contributed by atoms with van der Waals surface area (Å²) in [6.45, 7) is 6.66. The van der Waals surface area contributed by atoms with Crippen molar-refractivity contribution >= 4 is 14.7 Å². The quantitative estimate of drug-likeness (QED) is 0.574. The Morgan fingerprint density at radius 1 is 0.750 bits per heavy atom. The van der Waals surface area contributed by atoms with Gasteiger partial charge in [-0.25, -0.2) is 0 Å². The van der Waals surface area contributed by atoms with Crippen LogP contribution < -0.4 is 9.79 Å². The van der Waals surface area contributed by atoms with Gasteiger partial charge in [0.25, 0.3) is 0 Å². The van der Waals surface area contributed by atoms with Crippen molar-refractivity contribution in [3.8, 4) is 0 Å². The van der Waals surface area contributed by atoms with Gasteiger partial charge in [-0.1, -0.05) is 27.7 Å². The Morgan fingerprint density at radius 2 is 0.875 bits per heavy atom. The summed E-state index contributed by atoms with van der Waals surface area (Å²) in [5, 5.41) is 0. The van der Waals surface area contributed by atoms with Crippen LogP contribution in [0.4, 0.5) is 0 Å². The smallest absolute Gasteiger partial charge is 2.00 e. The van der Waals surface area contributed by atoms with Crippen molar-refractivity contribution < 1.29 is 46.1 Å². The van der Waals surface area contributed by atoms with Gasteiger partial charge in [-0.2, -0.15) is 0 Å². The Bertz CT molecular complexity index is 194. The van der Waals surface area contributed by atoms with E-state index >= 15 is 0 Å². The molecule has 0 bridgehead atoms. The molecule has 0 atom stereocenters. The summed E-state index contributed by atoms with van der Waals surface area (Å²) in [6.07, 6.45) is 1.18. The molecule has 0 aliphatic rings. The molecule has 0 amide bonds. The van der Waals surface area contributed by atoms with Crippen LogP contribution in [0.5, 0.6) is 0 Å². The van der Waals surface area contributed by atoms with Crippen molar-refractivity contribution in [2.45, 2.75) is 27.7 Å². The molecule has 0 aliphatic heterocycles. The molecule has 0 radical (unpaired) electrons. The van der Waals surface area contributed by atoms with Crippen LogP contribution in [0, 0.1) is 0 Å². The molecule has 0 heterocycles.